The summed E-state index contributed by atoms with van der Waals surface area (Å²) in [5.41, 5.74) is 2.52. The largest absolute Gasteiger partial charge is 0.396 e. The van der Waals surface area contributed by atoms with E-state index in [0.29, 0.717) is 6.61 Å². The molecule has 1 N–H and O–H groups in total. The molecule has 1 rings (SSSR count). The van der Waals surface area contributed by atoms with Crippen LogP contribution < -0.4 is 0 Å². The zero-order chi connectivity index (χ0) is 15.4. The molecule has 0 amide bonds. The maximum absolute atomic E-state index is 8.95. The van der Waals surface area contributed by atoms with Crippen LogP contribution in [0.25, 0.3) is 0 Å². The van der Waals surface area contributed by atoms with E-state index in [-0.39, 0.29) is 11.4 Å². The summed E-state index contributed by atoms with van der Waals surface area (Å²) >= 11 is 1.70. The highest BCUT2D eigenvalue weighted by atomic mass is 32.3. The van der Waals surface area contributed by atoms with Gasteiger partial charge in [0.05, 0.1) is 13.2 Å². The van der Waals surface area contributed by atoms with E-state index in [1.165, 1.54) is 16.0 Å². The number of rotatable bonds is 6. The maximum Gasteiger partial charge on any atom is 0.0846 e. The average Bonchev–Trinajstić information content (AvgIpc) is 2.35. The van der Waals surface area contributed by atoms with Gasteiger partial charge >= 0.3 is 0 Å². The summed E-state index contributed by atoms with van der Waals surface area (Å²) in [5.74, 6) is 0.740. The lowest BCUT2D eigenvalue weighted by Gasteiger charge is -2.43. The van der Waals surface area contributed by atoms with Crippen LogP contribution >= 0.6 is 22.1 Å². The lowest BCUT2D eigenvalue weighted by atomic mass is 10.1. The Morgan fingerprint density at radius 3 is 2.45 bits per heavy atom. The topological polar surface area (TPSA) is 29.5 Å². The predicted octanol–water partition coefficient (Wildman–Crippen LogP) is 4.37. The minimum Gasteiger partial charge on any atom is -0.396 e. The van der Waals surface area contributed by atoms with Crippen LogP contribution in [-0.4, -0.2) is 34.7 Å². The van der Waals surface area contributed by atoms with Gasteiger partial charge < -0.3 is 9.29 Å². The Kier molecular flexibility index (Phi) is 6.45. The smallest absolute Gasteiger partial charge is 0.0846 e. The highest BCUT2D eigenvalue weighted by molar-refractivity contribution is 8.29. The van der Waals surface area contributed by atoms with Gasteiger partial charge in [-0.2, -0.15) is 0 Å². The quantitative estimate of drug-likeness (QED) is 0.790. The summed E-state index contributed by atoms with van der Waals surface area (Å²) in [7, 11) is -1.09. The highest BCUT2D eigenvalue weighted by Gasteiger charge is 2.28. The van der Waals surface area contributed by atoms with Gasteiger partial charge in [0.2, 0.25) is 0 Å². The molecule has 116 valence electrons. The third-order valence-electron chi connectivity index (χ3n) is 3.73. The highest BCUT2D eigenvalue weighted by Crippen LogP contribution is 2.54. The average molecular weight is 317 g/mol. The second-order valence-corrected chi connectivity index (χ2v) is 11.3. The van der Waals surface area contributed by atoms with Gasteiger partial charge in [-0.15, -0.1) is 22.1 Å². The molecule has 0 saturated carbocycles. The Morgan fingerprint density at radius 1 is 1.25 bits per heavy atom. The van der Waals surface area contributed by atoms with Crippen LogP contribution in [0, 0.1) is 6.92 Å². The van der Waals surface area contributed by atoms with Crippen molar-refractivity contribution in [2.45, 2.75) is 43.9 Å². The second-order valence-electron chi connectivity index (χ2n) is 6.22. The SMILES string of the molecule is Cc1c(COS(C)(C)C(C)(C)C)cccc1SCCO. The van der Waals surface area contributed by atoms with E-state index < -0.39 is 10.3 Å². The minimum atomic E-state index is -1.09. The first-order valence-electron chi connectivity index (χ1n) is 6.88. The molecule has 0 fully saturated rings. The van der Waals surface area contributed by atoms with E-state index in [1.54, 1.807) is 11.8 Å². The van der Waals surface area contributed by atoms with Crippen LogP contribution in [-0.2, 0) is 10.8 Å². The Bertz CT molecular complexity index is 437. The van der Waals surface area contributed by atoms with Crippen molar-refractivity contribution < 1.29 is 9.29 Å². The zero-order valence-corrected chi connectivity index (χ0v) is 15.2. The second kappa shape index (κ2) is 7.21. The van der Waals surface area contributed by atoms with E-state index in [4.69, 9.17) is 9.29 Å². The van der Waals surface area contributed by atoms with E-state index in [1.807, 2.05) is 0 Å². The molecule has 0 aliphatic heterocycles. The minimum absolute atomic E-state index is 0.185. The normalized spacial score (nSPS) is 13.6. The summed E-state index contributed by atoms with van der Waals surface area (Å²) in [6, 6.07) is 6.32. The molecule has 4 heteroatoms. The van der Waals surface area contributed by atoms with Crippen molar-refractivity contribution in [3.05, 3.63) is 29.3 Å². The summed E-state index contributed by atoms with van der Waals surface area (Å²) in [6.45, 7) is 9.73. The van der Waals surface area contributed by atoms with Crippen molar-refractivity contribution in [2.24, 2.45) is 0 Å². The Balaban J connectivity index is 2.79. The molecular weight excluding hydrogens is 288 g/mol. The van der Waals surface area contributed by atoms with E-state index in [2.05, 4.69) is 58.4 Å². The van der Waals surface area contributed by atoms with E-state index >= 15 is 0 Å². The molecule has 1 aromatic carbocycles. The van der Waals surface area contributed by atoms with Crippen molar-refractivity contribution in [1.82, 2.24) is 0 Å². The van der Waals surface area contributed by atoms with E-state index in [9.17, 15) is 0 Å². The van der Waals surface area contributed by atoms with Gasteiger partial charge in [0.15, 0.2) is 0 Å². The van der Waals surface area contributed by atoms with Crippen molar-refractivity contribution in [2.75, 3.05) is 24.9 Å². The van der Waals surface area contributed by atoms with Crippen LogP contribution in [0.1, 0.15) is 31.9 Å². The van der Waals surface area contributed by atoms with Crippen molar-refractivity contribution >= 4 is 22.1 Å². The number of hydrogen-bond acceptors (Lipinski definition) is 3. The number of hydrogen-bond donors (Lipinski definition) is 1. The summed E-state index contributed by atoms with van der Waals surface area (Å²) in [4.78, 5) is 1.24. The molecule has 0 heterocycles. The van der Waals surface area contributed by atoms with Gasteiger partial charge in [-0.05, 0) is 36.6 Å². The molecule has 0 spiro atoms. The van der Waals surface area contributed by atoms with Gasteiger partial charge in [-0.1, -0.05) is 32.9 Å². The molecular formula is C16H28O2S2. The van der Waals surface area contributed by atoms with Gasteiger partial charge in [-0.3, -0.25) is 0 Å². The third kappa shape index (κ3) is 4.69. The van der Waals surface area contributed by atoms with Crippen molar-refractivity contribution in [1.29, 1.82) is 0 Å². The monoisotopic (exact) mass is 316 g/mol. The molecule has 0 bridgehead atoms. The molecule has 0 atom stereocenters. The maximum atomic E-state index is 8.95. The molecule has 0 saturated heterocycles. The van der Waals surface area contributed by atoms with Gasteiger partial charge in [-0.25, -0.2) is 0 Å². The summed E-state index contributed by atoms with van der Waals surface area (Å²) in [5, 5.41) is 8.95. The molecule has 2 nitrogen and oxygen atoms in total. The molecule has 1 aromatic rings. The Labute approximate surface area is 129 Å². The van der Waals surface area contributed by atoms with E-state index in [0.717, 1.165) is 5.75 Å². The van der Waals surface area contributed by atoms with Gasteiger partial charge in [0, 0.05) is 15.4 Å². The van der Waals surface area contributed by atoms with Crippen LogP contribution in [0.5, 0.6) is 0 Å². The van der Waals surface area contributed by atoms with Crippen molar-refractivity contribution in [3.8, 4) is 0 Å². The molecule has 20 heavy (non-hydrogen) atoms. The third-order valence-corrected chi connectivity index (χ3v) is 8.53. The molecule has 0 radical (unpaired) electrons. The standard InChI is InChI=1S/C16H28O2S2/c1-13-14(8-7-9-15(13)19-11-10-17)12-18-20(5,6)16(2,3)4/h7-9,17H,10-12H2,1-6H3. The first-order valence-corrected chi connectivity index (χ1v) is 10.2. The molecule has 0 aliphatic carbocycles. The Morgan fingerprint density at radius 2 is 1.90 bits per heavy atom. The predicted molar refractivity (Wildman–Crippen MR) is 93.0 cm³/mol. The Hall–Kier alpha value is -0.160. The van der Waals surface area contributed by atoms with Crippen LogP contribution in [0.15, 0.2) is 23.1 Å². The van der Waals surface area contributed by atoms with Crippen molar-refractivity contribution in [3.63, 3.8) is 0 Å². The number of benzene rings is 1. The number of aliphatic hydroxyl groups is 1. The zero-order valence-electron chi connectivity index (χ0n) is 13.5. The lowest BCUT2D eigenvalue weighted by Crippen LogP contribution is -2.25. The van der Waals surface area contributed by atoms with Gasteiger partial charge in [0.25, 0.3) is 0 Å². The van der Waals surface area contributed by atoms with Gasteiger partial charge in [0.1, 0.15) is 0 Å². The van der Waals surface area contributed by atoms with Crippen LogP contribution in [0.3, 0.4) is 0 Å². The molecule has 0 aliphatic rings. The van der Waals surface area contributed by atoms with Crippen LogP contribution in [0.4, 0.5) is 0 Å². The fraction of sp³-hybridized carbons (Fsp3) is 0.625. The molecule has 0 aromatic heterocycles. The fourth-order valence-electron chi connectivity index (χ4n) is 1.52. The first-order chi connectivity index (χ1) is 9.19. The number of aliphatic hydroxyl groups excluding tert-OH is 1. The number of thioether (sulfide) groups is 1. The van der Waals surface area contributed by atoms with Crippen LogP contribution in [0.2, 0.25) is 0 Å². The summed E-state index contributed by atoms with van der Waals surface area (Å²) < 4.78 is 6.43. The summed E-state index contributed by atoms with van der Waals surface area (Å²) in [6.07, 6.45) is 4.46. The fourth-order valence-corrected chi connectivity index (χ4v) is 3.12. The molecule has 0 unspecified atom stereocenters. The first kappa shape index (κ1) is 17.9. The lowest BCUT2D eigenvalue weighted by molar-refractivity contribution is 0.322.